The summed E-state index contributed by atoms with van der Waals surface area (Å²) in [5, 5.41) is 7.35. The second-order valence-electron chi connectivity index (χ2n) is 9.42. The maximum Gasteiger partial charge on any atom is 0.268 e. The number of carbonyl (C=O) groups excluding carboxylic acids is 1. The van der Waals surface area contributed by atoms with Gasteiger partial charge in [-0.05, 0) is 55.5 Å². The quantitative estimate of drug-likeness (QED) is 0.391. The molecular formula is C28H32N6O2. The van der Waals surface area contributed by atoms with Crippen molar-refractivity contribution >= 4 is 28.3 Å². The van der Waals surface area contributed by atoms with Gasteiger partial charge in [0.05, 0.1) is 22.9 Å². The number of piperidine rings is 1. The Morgan fingerprint density at radius 3 is 2.58 bits per heavy atom. The molecule has 4 aromatic rings. The zero-order chi connectivity index (χ0) is 24.9. The van der Waals surface area contributed by atoms with E-state index in [1.165, 1.54) is 10.2 Å². The first-order valence-corrected chi connectivity index (χ1v) is 12.7. The number of carbonyl (C=O) groups is 1. The molecule has 1 saturated heterocycles. The van der Waals surface area contributed by atoms with Crippen LogP contribution in [0.3, 0.4) is 0 Å². The molecule has 8 heteroatoms. The highest BCUT2D eigenvalue weighted by molar-refractivity contribution is 5.92. The third-order valence-corrected chi connectivity index (χ3v) is 6.83. The van der Waals surface area contributed by atoms with E-state index < -0.39 is 0 Å². The van der Waals surface area contributed by atoms with Gasteiger partial charge < -0.3 is 15.2 Å². The van der Waals surface area contributed by atoms with Gasteiger partial charge in [0.15, 0.2) is 0 Å². The molecule has 8 nitrogen and oxygen atoms in total. The molecule has 1 fully saturated rings. The normalized spacial score (nSPS) is 14.3. The number of nitrogens with zero attached hydrogens (tertiary/aromatic N) is 4. The van der Waals surface area contributed by atoms with Crippen molar-refractivity contribution in [3.05, 3.63) is 82.5 Å². The van der Waals surface area contributed by atoms with E-state index in [-0.39, 0.29) is 17.4 Å². The van der Waals surface area contributed by atoms with E-state index in [4.69, 9.17) is 0 Å². The van der Waals surface area contributed by atoms with Crippen molar-refractivity contribution < 1.29 is 4.79 Å². The van der Waals surface area contributed by atoms with Crippen molar-refractivity contribution in [3.8, 4) is 0 Å². The van der Waals surface area contributed by atoms with Gasteiger partial charge in [0.25, 0.3) is 5.56 Å². The molecular weight excluding hydrogens is 452 g/mol. The lowest BCUT2D eigenvalue weighted by Gasteiger charge is -2.32. The SMILES string of the molecule is CCCn1ncc(N2CCC(C(=O)Nc3ccc(CCc4nc5ccccc5[nH]4)cc3)CC2)cc1=O. The van der Waals surface area contributed by atoms with Crippen LogP contribution in [0, 0.1) is 5.92 Å². The highest BCUT2D eigenvalue weighted by Crippen LogP contribution is 2.23. The van der Waals surface area contributed by atoms with Crippen LogP contribution in [0.2, 0.25) is 0 Å². The van der Waals surface area contributed by atoms with Crippen LogP contribution in [0.5, 0.6) is 0 Å². The number of aromatic nitrogens is 4. The molecule has 1 aliphatic rings. The Balaban J connectivity index is 1.10. The number of rotatable bonds is 8. The van der Waals surface area contributed by atoms with Gasteiger partial charge in [0.2, 0.25) is 5.91 Å². The Morgan fingerprint density at radius 2 is 1.86 bits per heavy atom. The average Bonchev–Trinajstić information content (AvgIpc) is 3.33. The van der Waals surface area contributed by atoms with Crippen molar-refractivity contribution in [2.45, 2.75) is 45.6 Å². The molecule has 0 bridgehead atoms. The van der Waals surface area contributed by atoms with Crippen molar-refractivity contribution in [1.82, 2.24) is 19.7 Å². The first kappa shape index (κ1) is 23.8. The number of amides is 1. The molecule has 2 aromatic carbocycles. The van der Waals surface area contributed by atoms with Gasteiger partial charge in [-0.25, -0.2) is 9.67 Å². The Bertz CT molecular complexity index is 1350. The smallest absolute Gasteiger partial charge is 0.268 e. The summed E-state index contributed by atoms with van der Waals surface area (Å²) in [6, 6.07) is 17.8. The fraction of sp³-hybridized carbons (Fsp3) is 0.357. The van der Waals surface area contributed by atoms with Gasteiger partial charge >= 0.3 is 0 Å². The van der Waals surface area contributed by atoms with Crippen molar-refractivity contribution in [2.24, 2.45) is 5.92 Å². The van der Waals surface area contributed by atoms with E-state index in [0.29, 0.717) is 6.54 Å². The molecule has 1 aliphatic heterocycles. The van der Waals surface area contributed by atoms with Crippen LogP contribution in [-0.4, -0.2) is 38.7 Å². The number of aryl methyl sites for hydroxylation is 3. The third kappa shape index (κ3) is 5.48. The zero-order valence-electron chi connectivity index (χ0n) is 20.6. The lowest BCUT2D eigenvalue weighted by atomic mass is 9.95. The van der Waals surface area contributed by atoms with Crippen LogP contribution >= 0.6 is 0 Å². The average molecular weight is 485 g/mol. The van der Waals surface area contributed by atoms with Crippen molar-refractivity contribution in [1.29, 1.82) is 0 Å². The molecule has 0 saturated carbocycles. The highest BCUT2D eigenvalue weighted by atomic mass is 16.2. The van der Waals surface area contributed by atoms with Crippen LogP contribution in [0.15, 0.2) is 65.6 Å². The molecule has 36 heavy (non-hydrogen) atoms. The number of fused-ring (bicyclic) bond motifs is 1. The first-order valence-electron chi connectivity index (χ1n) is 12.7. The number of hydrogen-bond donors (Lipinski definition) is 2. The van der Waals surface area contributed by atoms with Gasteiger partial charge in [0.1, 0.15) is 5.82 Å². The minimum absolute atomic E-state index is 0.0394. The van der Waals surface area contributed by atoms with E-state index >= 15 is 0 Å². The number of H-pyrrole nitrogens is 1. The molecule has 0 atom stereocenters. The molecule has 0 spiro atoms. The fourth-order valence-electron chi connectivity index (χ4n) is 4.76. The van der Waals surface area contributed by atoms with Crippen molar-refractivity contribution in [2.75, 3.05) is 23.3 Å². The van der Waals surface area contributed by atoms with Crippen LogP contribution in [-0.2, 0) is 24.2 Å². The van der Waals surface area contributed by atoms with Crippen LogP contribution in [0.25, 0.3) is 11.0 Å². The summed E-state index contributed by atoms with van der Waals surface area (Å²) in [5.74, 6) is 1.00. The number of imidazole rings is 1. The van der Waals surface area contributed by atoms with Crippen LogP contribution in [0.1, 0.15) is 37.6 Å². The second kappa shape index (κ2) is 10.8. The van der Waals surface area contributed by atoms with E-state index in [2.05, 4.69) is 37.4 Å². The molecule has 1 amide bonds. The monoisotopic (exact) mass is 484 g/mol. The summed E-state index contributed by atoms with van der Waals surface area (Å²) in [4.78, 5) is 35.2. The second-order valence-corrected chi connectivity index (χ2v) is 9.42. The lowest BCUT2D eigenvalue weighted by Crippen LogP contribution is -2.39. The van der Waals surface area contributed by atoms with Gasteiger partial charge in [-0.1, -0.05) is 31.2 Å². The molecule has 2 N–H and O–H groups in total. The predicted octanol–water partition coefficient (Wildman–Crippen LogP) is 4.17. The number of hydrogen-bond acceptors (Lipinski definition) is 5. The van der Waals surface area contributed by atoms with Crippen molar-refractivity contribution in [3.63, 3.8) is 0 Å². The number of anilines is 2. The summed E-state index contributed by atoms with van der Waals surface area (Å²) in [7, 11) is 0. The molecule has 3 heterocycles. The van der Waals surface area contributed by atoms with E-state index in [0.717, 1.165) is 73.4 Å². The van der Waals surface area contributed by atoms with Gasteiger partial charge in [-0.2, -0.15) is 5.10 Å². The minimum Gasteiger partial charge on any atom is -0.370 e. The topological polar surface area (TPSA) is 95.9 Å². The largest absolute Gasteiger partial charge is 0.370 e. The maximum absolute atomic E-state index is 12.9. The third-order valence-electron chi connectivity index (χ3n) is 6.83. The number of para-hydroxylation sites is 2. The summed E-state index contributed by atoms with van der Waals surface area (Å²) in [6.45, 7) is 4.12. The Hall–Kier alpha value is -3.94. The molecule has 5 rings (SSSR count). The van der Waals surface area contributed by atoms with Crippen LogP contribution in [0.4, 0.5) is 11.4 Å². The van der Waals surface area contributed by atoms with E-state index in [1.807, 2.05) is 43.3 Å². The van der Waals surface area contributed by atoms with Gasteiger partial charge in [0, 0.05) is 43.7 Å². The Kier molecular flexibility index (Phi) is 7.11. The van der Waals surface area contributed by atoms with E-state index in [9.17, 15) is 9.59 Å². The first-order chi connectivity index (χ1) is 17.6. The molecule has 0 unspecified atom stereocenters. The summed E-state index contributed by atoms with van der Waals surface area (Å²) >= 11 is 0. The zero-order valence-corrected chi connectivity index (χ0v) is 20.6. The standard InChI is InChI=1S/C28H32N6O2/c1-2-15-34-27(35)18-23(19-29-34)33-16-13-21(14-17-33)28(36)30-22-10-7-20(8-11-22)9-12-26-31-24-5-3-4-6-25(24)32-26/h3-8,10-11,18-19,21H,2,9,12-17H2,1H3,(H,30,36)(H,31,32). The number of aromatic amines is 1. The molecule has 186 valence electrons. The predicted molar refractivity (Wildman–Crippen MR) is 142 cm³/mol. The Labute approximate surface area is 210 Å². The highest BCUT2D eigenvalue weighted by Gasteiger charge is 2.25. The van der Waals surface area contributed by atoms with Crippen LogP contribution < -0.4 is 15.8 Å². The Morgan fingerprint density at radius 1 is 1.08 bits per heavy atom. The molecule has 2 aromatic heterocycles. The minimum atomic E-state index is -0.0738. The summed E-state index contributed by atoms with van der Waals surface area (Å²) in [6.07, 6.45) is 5.84. The molecule has 0 radical (unpaired) electrons. The van der Waals surface area contributed by atoms with Gasteiger partial charge in [-0.15, -0.1) is 0 Å². The lowest BCUT2D eigenvalue weighted by molar-refractivity contribution is -0.120. The summed E-state index contributed by atoms with van der Waals surface area (Å²) in [5.41, 5.74) is 4.84. The molecule has 0 aliphatic carbocycles. The van der Waals surface area contributed by atoms with Gasteiger partial charge in [-0.3, -0.25) is 9.59 Å². The van der Waals surface area contributed by atoms with E-state index in [1.54, 1.807) is 12.3 Å². The number of nitrogens with one attached hydrogen (secondary N) is 2. The number of benzene rings is 2. The maximum atomic E-state index is 12.9. The summed E-state index contributed by atoms with van der Waals surface area (Å²) < 4.78 is 1.49. The fourth-order valence-corrected chi connectivity index (χ4v) is 4.76.